The first kappa shape index (κ1) is 21.3. The van der Waals surface area contributed by atoms with Crippen LogP contribution >= 0.6 is 11.6 Å². The Balaban J connectivity index is 0.00000171. The van der Waals surface area contributed by atoms with E-state index in [1.54, 1.807) is 30.3 Å². The number of benzene rings is 2. The minimum atomic E-state index is -0.972. The Labute approximate surface area is 197 Å². The van der Waals surface area contributed by atoms with Crippen LogP contribution < -0.4 is 25.6 Å². The lowest BCUT2D eigenvalue weighted by molar-refractivity contribution is -0.128. The molecular weight excluding hydrogens is 448 g/mol. The fourth-order valence-electron chi connectivity index (χ4n) is 4.59. The molecule has 5 rings (SSSR count). The Morgan fingerprint density at radius 1 is 1.21 bits per heavy atom. The van der Waals surface area contributed by atoms with Crippen LogP contribution in [0.15, 0.2) is 36.4 Å². The highest BCUT2D eigenvalue weighted by molar-refractivity contribution is 6.31. The lowest BCUT2D eigenvalue weighted by Crippen LogP contribution is -2.48. The van der Waals surface area contributed by atoms with Gasteiger partial charge in [-0.15, -0.1) is 0 Å². The summed E-state index contributed by atoms with van der Waals surface area (Å²) in [6.07, 6.45) is 0.535. The molecular formula is C23H25ClN4O5. The second-order valence-electron chi connectivity index (χ2n) is 8.43. The monoisotopic (exact) mass is 472 g/mol. The molecule has 3 N–H and O–H groups in total. The molecule has 2 unspecified atom stereocenters. The van der Waals surface area contributed by atoms with E-state index in [4.69, 9.17) is 16.3 Å². The molecule has 2 aliphatic heterocycles. The van der Waals surface area contributed by atoms with Crippen LogP contribution in [-0.2, 0) is 27.2 Å². The van der Waals surface area contributed by atoms with Gasteiger partial charge in [-0.3, -0.25) is 24.6 Å². The van der Waals surface area contributed by atoms with Crippen LogP contribution in [0.5, 0.6) is 5.75 Å². The number of ether oxygens (including phenoxy) is 1. The van der Waals surface area contributed by atoms with E-state index in [0.717, 1.165) is 11.1 Å². The summed E-state index contributed by atoms with van der Waals surface area (Å²) < 4.78 is 5.75. The lowest BCUT2D eigenvalue weighted by Gasteiger charge is -2.33. The van der Waals surface area contributed by atoms with Crippen molar-refractivity contribution < 1.29 is 26.8 Å². The zero-order valence-corrected chi connectivity index (χ0v) is 18.5. The first-order valence-electron chi connectivity index (χ1n) is 10.6. The van der Waals surface area contributed by atoms with Crippen LogP contribution in [0.1, 0.15) is 27.3 Å². The van der Waals surface area contributed by atoms with Gasteiger partial charge in [-0.05, 0) is 47.9 Å². The molecule has 1 spiro atoms. The van der Waals surface area contributed by atoms with Crippen LogP contribution in [0.3, 0.4) is 0 Å². The molecule has 0 bridgehead atoms. The summed E-state index contributed by atoms with van der Waals surface area (Å²) in [7, 11) is 0. The van der Waals surface area contributed by atoms with Gasteiger partial charge in [0, 0.05) is 26.4 Å². The number of nitrogens with one attached hydrogen (secondary N) is 3. The van der Waals surface area contributed by atoms with Crippen molar-refractivity contribution >= 4 is 46.7 Å². The van der Waals surface area contributed by atoms with Crippen LogP contribution in [-0.4, -0.2) is 41.9 Å². The summed E-state index contributed by atoms with van der Waals surface area (Å²) in [5.41, 5.74) is 1.82. The third-order valence-corrected chi connectivity index (χ3v) is 6.42. The molecule has 1 aliphatic carbocycles. The number of nitrogens with zero attached hydrogens (tertiary/aromatic N) is 1. The highest BCUT2D eigenvalue weighted by atomic mass is 35.5. The van der Waals surface area contributed by atoms with Crippen LogP contribution in [0.4, 0.5) is 16.2 Å². The third kappa shape index (κ3) is 3.68. The number of amides is 5. The van der Waals surface area contributed by atoms with E-state index >= 15 is 0 Å². The fraction of sp³-hybridized carbons (Fsp3) is 0.304. The fourth-order valence-corrected chi connectivity index (χ4v) is 4.76. The van der Waals surface area contributed by atoms with Gasteiger partial charge >= 0.3 is 6.03 Å². The summed E-state index contributed by atoms with van der Waals surface area (Å²) in [5, 5.41) is 8.25. The molecule has 2 heterocycles. The van der Waals surface area contributed by atoms with Gasteiger partial charge in [-0.25, -0.2) is 4.79 Å². The lowest BCUT2D eigenvalue weighted by atomic mass is 9.96. The van der Waals surface area contributed by atoms with E-state index in [2.05, 4.69) is 16.0 Å². The van der Waals surface area contributed by atoms with Crippen molar-refractivity contribution in [2.75, 3.05) is 16.8 Å². The van der Waals surface area contributed by atoms with E-state index < -0.39 is 17.7 Å². The summed E-state index contributed by atoms with van der Waals surface area (Å²) in [6, 6.07) is 9.83. The Hall–Kier alpha value is -3.59. The van der Waals surface area contributed by atoms with Crippen molar-refractivity contribution in [2.24, 2.45) is 0 Å². The highest BCUT2D eigenvalue weighted by Gasteiger charge is 2.50. The number of fused-ring (bicyclic) bond motifs is 2. The molecule has 0 saturated carbocycles. The Morgan fingerprint density at radius 3 is 2.73 bits per heavy atom. The van der Waals surface area contributed by atoms with Gasteiger partial charge in [0.25, 0.3) is 11.8 Å². The standard InChI is InChI=1S/C23H21ClN4O5.2H2/c1-2-17-20(30)28(16-8-14(24)4-6-18(16)33-17)11-19(29)25-15-5-3-12-9-23(10-13(12)7-15)21(31)26-22(32)27-23;;/h3-8,17H,2,9-11H2,1H3,(H,25,29)(H2,26,27,31,32);2*1H. The SMILES string of the molecule is CCC1Oc2ccc(Cl)cc2N(CC(=O)Nc2ccc3c(c2)CC2(C3)NC(=O)NC2=O)C1=O.[HH].[HH]. The van der Waals surface area contributed by atoms with E-state index in [0.29, 0.717) is 41.4 Å². The second kappa shape index (κ2) is 7.77. The van der Waals surface area contributed by atoms with Crippen molar-refractivity contribution in [1.82, 2.24) is 10.6 Å². The summed E-state index contributed by atoms with van der Waals surface area (Å²) in [5.74, 6) is -0.534. The molecule has 0 aromatic heterocycles. The van der Waals surface area contributed by atoms with E-state index in [9.17, 15) is 19.2 Å². The molecule has 1 fully saturated rings. The van der Waals surface area contributed by atoms with Crippen molar-refractivity contribution in [3.8, 4) is 5.75 Å². The molecule has 174 valence electrons. The number of halogens is 1. The van der Waals surface area contributed by atoms with Crippen molar-refractivity contribution in [2.45, 2.75) is 37.8 Å². The number of imide groups is 1. The van der Waals surface area contributed by atoms with Crippen molar-refractivity contribution in [1.29, 1.82) is 0 Å². The zero-order chi connectivity index (χ0) is 23.3. The molecule has 2 aromatic carbocycles. The van der Waals surface area contributed by atoms with Gasteiger partial charge in [0.1, 0.15) is 17.8 Å². The summed E-state index contributed by atoms with van der Waals surface area (Å²) in [4.78, 5) is 51.0. The quantitative estimate of drug-likeness (QED) is 0.591. The molecule has 3 aliphatic rings. The Kier molecular flexibility index (Phi) is 5.01. The molecule has 33 heavy (non-hydrogen) atoms. The average molecular weight is 473 g/mol. The van der Waals surface area contributed by atoms with Gasteiger partial charge in [0.05, 0.1) is 5.69 Å². The normalized spacial score (nSPS) is 23.0. The van der Waals surface area contributed by atoms with Gasteiger partial charge in [0.2, 0.25) is 5.91 Å². The maximum absolute atomic E-state index is 12.9. The Bertz CT molecular complexity index is 1230. The van der Waals surface area contributed by atoms with Gasteiger partial charge in [-0.1, -0.05) is 24.6 Å². The van der Waals surface area contributed by atoms with Crippen LogP contribution in [0.2, 0.25) is 5.02 Å². The number of hydrogen-bond acceptors (Lipinski definition) is 5. The topological polar surface area (TPSA) is 117 Å². The predicted octanol–water partition coefficient (Wildman–Crippen LogP) is 2.65. The number of anilines is 2. The first-order chi connectivity index (χ1) is 15.8. The molecule has 5 amide bonds. The predicted molar refractivity (Wildman–Crippen MR) is 125 cm³/mol. The second-order valence-corrected chi connectivity index (χ2v) is 8.86. The third-order valence-electron chi connectivity index (χ3n) is 6.18. The first-order valence-corrected chi connectivity index (χ1v) is 11.0. The maximum Gasteiger partial charge on any atom is 0.322 e. The largest absolute Gasteiger partial charge is 0.478 e. The number of hydrogen-bond donors (Lipinski definition) is 3. The average Bonchev–Trinajstić information content (AvgIpc) is 3.27. The smallest absolute Gasteiger partial charge is 0.322 e. The molecule has 2 aromatic rings. The highest BCUT2D eigenvalue weighted by Crippen LogP contribution is 2.37. The number of carbonyl (C=O) groups is 4. The minimum Gasteiger partial charge on any atom is -0.478 e. The van der Waals surface area contributed by atoms with E-state index in [1.165, 1.54) is 4.90 Å². The minimum absolute atomic E-state index is 0. The molecule has 9 nitrogen and oxygen atoms in total. The number of urea groups is 1. The summed E-state index contributed by atoms with van der Waals surface area (Å²) in [6.45, 7) is 1.64. The van der Waals surface area contributed by atoms with Gasteiger partial charge in [-0.2, -0.15) is 0 Å². The van der Waals surface area contributed by atoms with Crippen molar-refractivity contribution in [3.63, 3.8) is 0 Å². The molecule has 2 atom stereocenters. The Morgan fingerprint density at radius 2 is 2.00 bits per heavy atom. The van der Waals surface area contributed by atoms with Crippen molar-refractivity contribution in [3.05, 3.63) is 52.5 Å². The molecule has 0 radical (unpaired) electrons. The van der Waals surface area contributed by atoms with Crippen LogP contribution in [0, 0.1) is 0 Å². The number of carbonyl (C=O) groups excluding carboxylic acids is 4. The van der Waals surface area contributed by atoms with E-state index in [-0.39, 0.29) is 27.1 Å². The molecule has 10 heteroatoms. The maximum atomic E-state index is 12.9. The number of rotatable bonds is 4. The summed E-state index contributed by atoms with van der Waals surface area (Å²) >= 11 is 6.10. The van der Waals surface area contributed by atoms with Crippen LogP contribution in [0.25, 0.3) is 0 Å². The molecule has 1 saturated heterocycles. The van der Waals surface area contributed by atoms with Gasteiger partial charge < -0.3 is 15.4 Å². The zero-order valence-electron chi connectivity index (χ0n) is 17.7. The van der Waals surface area contributed by atoms with Gasteiger partial charge in [0.15, 0.2) is 6.10 Å². The van der Waals surface area contributed by atoms with E-state index in [1.807, 2.05) is 13.0 Å².